The number of hydrogen-bond donors (Lipinski definition) is 1. The van der Waals surface area contributed by atoms with Gasteiger partial charge in [-0.3, -0.25) is 9.59 Å². The number of amides is 2. The third-order valence-electron chi connectivity index (χ3n) is 5.31. The zero-order chi connectivity index (χ0) is 21.7. The molecule has 1 saturated heterocycles. The summed E-state index contributed by atoms with van der Waals surface area (Å²) < 4.78 is 10.7. The molecule has 2 amide bonds. The number of carbonyl (C=O) groups is 2. The molecule has 1 aliphatic rings. The smallest absolute Gasteiger partial charge is 0.254 e. The van der Waals surface area contributed by atoms with Crippen molar-refractivity contribution in [3.8, 4) is 11.5 Å². The summed E-state index contributed by atoms with van der Waals surface area (Å²) in [6.07, 6.45) is 0. The van der Waals surface area contributed by atoms with Crippen molar-refractivity contribution in [3.63, 3.8) is 0 Å². The number of hydrogen-bond acceptors (Lipinski definition) is 5. The molecule has 0 bridgehead atoms. The molecular formula is C23H28N2O4S. The number of benzene rings is 2. The van der Waals surface area contributed by atoms with Gasteiger partial charge >= 0.3 is 0 Å². The molecule has 7 heteroatoms. The van der Waals surface area contributed by atoms with Crippen LogP contribution in [-0.2, 0) is 0 Å². The van der Waals surface area contributed by atoms with Gasteiger partial charge in [-0.25, -0.2) is 0 Å². The van der Waals surface area contributed by atoms with Crippen LogP contribution in [0.4, 0.5) is 0 Å². The Labute approximate surface area is 181 Å². The summed E-state index contributed by atoms with van der Waals surface area (Å²) in [5.74, 6) is 2.84. The number of rotatable bonds is 6. The second kappa shape index (κ2) is 9.89. The van der Waals surface area contributed by atoms with Crippen LogP contribution in [0.2, 0.25) is 0 Å². The van der Waals surface area contributed by atoms with Crippen molar-refractivity contribution in [3.05, 3.63) is 58.7 Å². The maximum Gasteiger partial charge on any atom is 0.254 e. The Morgan fingerprint density at radius 3 is 2.27 bits per heavy atom. The first-order valence-corrected chi connectivity index (χ1v) is 11.1. The van der Waals surface area contributed by atoms with Gasteiger partial charge in [0.05, 0.1) is 20.3 Å². The summed E-state index contributed by atoms with van der Waals surface area (Å²) in [4.78, 5) is 27.7. The van der Waals surface area contributed by atoms with E-state index in [9.17, 15) is 9.59 Å². The molecule has 0 aromatic heterocycles. The van der Waals surface area contributed by atoms with Crippen LogP contribution in [0.1, 0.15) is 31.8 Å². The van der Waals surface area contributed by atoms with Gasteiger partial charge < -0.3 is 19.7 Å². The maximum absolute atomic E-state index is 13.2. The van der Waals surface area contributed by atoms with Gasteiger partial charge in [-0.15, -0.1) is 0 Å². The summed E-state index contributed by atoms with van der Waals surface area (Å²) in [5, 5.41) is 2.98. The summed E-state index contributed by atoms with van der Waals surface area (Å²) in [6.45, 7) is 4.93. The zero-order valence-electron chi connectivity index (χ0n) is 17.9. The standard InChI is InChI=1S/C23H28N2O4S/c1-15-5-7-17(11-20(15)28-3)22(26)24-13-19-14-30-10-9-25(19)23(27)18-8-6-16(2)21(12-18)29-4/h5-8,11-12,19H,9-10,13-14H2,1-4H3,(H,24,26). The predicted octanol–water partition coefficient (Wildman–Crippen LogP) is 3.31. The van der Waals surface area contributed by atoms with Gasteiger partial charge in [-0.2, -0.15) is 11.8 Å². The highest BCUT2D eigenvalue weighted by molar-refractivity contribution is 7.99. The van der Waals surface area contributed by atoms with Crippen molar-refractivity contribution in [2.24, 2.45) is 0 Å². The molecule has 3 rings (SSSR count). The van der Waals surface area contributed by atoms with Crippen molar-refractivity contribution in [1.29, 1.82) is 0 Å². The van der Waals surface area contributed by atoms with E-state index in [1.54, 1.807) is 44.2 Å². The SMILES string of the molecule is COc1cc(C(=O)NCC2CSCCN2C(=O)c2ccc(C)c(OC)c2)ccc1C. The van der Waals surface area contributed by atoms with E-state index in [-0.39, 0.29) is 17.9 Å². The third kappa shape index (κ3) is 4.90. The van der Waals surface area contributed by atoms with Crippen molar-refractivity contribution in [2.45, 2.75) is 19.9 Å². The van der Waals surface area contributed by atoms with Gasteiger partial charge in [0.2, 0.25) is 0 Å². The Kier molecular flexibility index (Phi) is 7.26. The van der Waals surface area contributed by atoms with Crippen LogP contribution in [0.15, 0.2) is 36.4 Å². The molecule has 0 spiro atoms. The van der Waals surface area contributed by atoms with Crippen LogP contribution in [0.25, 0.3) is 0 Å². The van der Waals surface area contributed by atoms with Gasteiger partial charge in [-0.05, 0) is 49.2 Å². The minimum atomic E-state index is -0.173. The minimum Gasteiger partial charge on any atom is -0.496 e. The van der Waals surface area contributed by atoms with E-state index in [4.69, 9.17) is 9.47 Å². The molecule has 2 aromatic carbocycles. The monoisotopic (exact) mass is 428 g/mol. The largest absolute Gasteiger partial charge is 0.496 e. The molecule has 1 unspecified atom stereocenters. The Balaban J connectivity index is 1.70. The zero-order valence-corrected chi connectivity index (χ0v) is 18.7. The van der Waals surface area contributed by atoms with Crippen molar-refractivity contribution in [2.75, 3.05) is 38.8 Å². The first-order chi connectivity index (χ1) is 14.4. The second-order valence-corrected chi connectivity index (χ2v) is 8.46. The molecular weight excluding hydrogens is 400 g/mol. The van der Waals surface area contributed by atoms with E-state index < -0.39 is 0 Å². The lowest BCUT2D eigenvalue weighted by Crippen LogP contribution is -2.51. The number of nitrogens with zero attached hydrogens (tertiary/aromatic N) is 1. The molecule has 0 aliphatic carbocycles. The molecule has 1 N–H and O–H groups in total. The molecule has 0 saturated carbocycles. The summed E-state index contributed by atoms with van der Waals surface area (Å²) in [7, 11) is 3.19. The lowest BCUT2D eigenvalue weighted by atomic mass is 10.1. The van der Waals surface area contributed by atoms with Crippen LogP contribution < -0.4 is 14.8 Å². The van der Waals surface area contributed by atoms with E-state index in [2.05, 4.69) is 5.32 Å². The highest BCUT2D eigenvalue weighted by Gasteiger charge is 2.28. The Hall–Kier alpha value is -2.67. The number of thioether (sulfide) groups is 1. The highest BCUT2D eigenvalue weighted by atomic mass is 32.2. The van der Waals surface area contributed by atoms with Crippen LogP contribution in [0.3, 0.4) is 0 Å². The summed E-state index contributed by atoms with van der Waals surface area (Å²) in [6, 6.07) is 10.8. The van der Waals surface area contributed by atoms with Crippen molar-refractivity contribution < 1.29 is 19.1 Å². The van der Waals surface area contributed by atoms with E-state index in [1.165, 1.54) is 0 Å². The normalized spacial score (nSPS) is 16.1. The molecule has 30 heavy (non-hydrogen) atoms. The number of ether oxygens (including phenoxy) is 2. The van der Waals surface area contributed by atoms with Crippen molar-refractivity contribution in [1.82, 2.24) is 10.2 Å². The van der Waals surface area contributed by atoms with Crippen molar-refractivity contribution >= 4 is 23.6 Å². The van der Waals surface area contributed by atoms with Crippen LogP contribution in [-0.4, -0.2) is 61.6 Å². The third-order valence-corrected chi connectivity index (χ3v) is 6.40. The fourth-order valence-electron chi connectivity index (χ4n) is 3.48. The number of carbonyl (C=O) groups excluding carboxylic acids is 2. The number of aryl methyl sites for hydroxylation is 2. The van der Waals surface area contributed by atoms with E-state index in [1.807, 2.05) is 36.9 Å². The lowest BCUT2D eigenvalue weighted by molar-refractivity contribution is 0.0691. The van der Waals surface area contributed by atoms with Gasteiger partial charge in [0.15, 0.2) is 0 Å². The summed E-state index contributed by atoms with van der Waals surface area (Å²) in [5.41, 5.74) is 3.11. The molecule has 6 nitrogen and oxygen atoms in total. The summed E-state index contributed by atoms with van der Waals surface area (Å²) >= 11 is 1.80. The van der Waals surface area contributed by atoms with Gasteiger partial charge in [-0.1, -0.05) is 12.1 Å². The van der Waals surface area contributed by atoms with Gasteiger partial charge in [0, 0.05) is 35.7 Å². The molecule has 1 atom stereocenters. The molecule has 1 aliphatic heterocycles. The van der Waals surface area contributed by atoms with Gasteiger partial charge in [0.25, 0.3) is 11.8 Å². The topological polar surface area (TPSA) is 67.9 Å². The van der Waals surface area contributed by atoms with Crippen LogP contribution in [0.5, 0.6) is 11.5 Å². The van der Waals surface area contributed by atoms with Crippen LogP contribution >= 0.6 is 11.8 Å². The molecule has 2 aromatic rings. The molecule has 1 fully saturated rings. The molecule has 1 heterocycles. The lowest BCUT2D eigenvalue weighted by Gasteiger charge is -2.35. The van der Waals surface area contributed by atoms with E-state index >= 15 is 0 Å². The number of methoxy groups -OCH3 is 2. The van der Waals surface area contributed by atoms with E-state index in [0.717, 1.165) is 22.6 Å². The van der Waals surface area contributed by atoms with Crippen LogP contribution in [0, 0.1) is 13.8 Å². The fourth-order valence-corrected chi connectivity index (χ4v) is 4.55. The quantitative estimate of drug-likeness (QED) is 0.765. The Morgan fingerprint density at radius 2 is 1.63 bits per heavy atom. The second-order valence-electron chi connectivity index (χ2n) is 7.31. The maximum atomic E-state index is 13.2. The van der Waals surface area contributed by atoms with Gasteiger partial charge in [0.1, 0.15) is 11.5 Å². The first kappa shape index (κ1) is 22.0. The minimum absolute atomic E-state index is 0.0372. The fraction of sp³-hybridized carbons (Fsp3) is 0.391. The average molecular weight is 429 g/mol. The Bertz CT molecular complexity index is 931. The highest BCUT2D eigenvalue weighted by Crippen LogP contribution is 2.24. The Morgan fingerprint density at radius 1 is 1.03 bits per heavy atom. The predicted molar refractivity (Wildman–Crippen MR) is 120 cm³/mol. The van der Waals surface area contributed by atoms with E-state index in [0.29, 0.717) is 35.7 Å². The molecule has 0 radical (unpaired) electrons. The number of nitrogens with one attached hydrogen (secondary N) is 1. The molecule has 160 valence electrons. The first-order valence-electron chi connectivity index (χ1n) is 9.90. The average Bonchev–Trinajstić information content (AvgIpc) is 2.77.